The predicted molar refractivity (Wildman–Crippen MR) is 182 cm³/mol. The van der Waals surface area contributed by atoms with Gasteiger partial charge in [-0.15, -0.1) is 0 Å². The Morgan fingerprint density at radius 2 is 1.71 bits per heavy atom. The Hall–Kier alpha value is -5.23. The van der Waals surface area contributed by atoms with Crippen molar-refractivity contribution in [3.8, 4) is 23.0 Å². The number of benzene rings is 3. The van der Waals surface area contributed by atoms with Crippen molar-refractivity contribution in [2.45, 2.75) is 38.1 Å². The van der Waals surface area contributed by atoms with Gasteiger partial charge in [0.25, 0.3) is 0 Å². The van der Waals surface area contributed by atoms with E-state index in [-0.39, 0.29) is 23.8 Å². The molecule has 1 aromatic heterocycles. The second kappa shape index (κ2) is 15.8. The van der Waals surface area contributed by atoms with Crippen molar-refractivity contribution in [3.63, 3.8) is 0 Å². The number of carbonyl (C=O) groups is 3. The highest BCUT2D eigenvalue weighted by atomic mass is 19.1. The van der Waals surface area contributed by atoms with E-state index in [2.05, 4.69) is 20.9 Å². The van der Waals surface area contributed by atoms with Gasteiger partial charge in [0.05, 0.1) is 13.7 Å². The number of likely N-dealkylation sites (tertiary alicyclic amines) is 1. The van der Waals surface area contributed by atoms with Crippen LogP contribution < -0.4 is 30.2 Å². The van der Waals surface area contributed by atoms with Crippen LogP contribution in [0.15, 0.2) is 72.9 Å². The molecule has 3 N–H and O–H groups in total. The molecule has 6 rings (SSSR count). The van der Waals surface area contributed by atoms with Crippen LogP contribution in [0, 0.1) is 11.7 Å². The number of pyridine rings is 1. The third kappa shape index (κ3) is 8.26. The van der Waals surface area contributed by atoms with Crippen LogP contribution in [0.1, 0.15) is 31.2 Å². The van der Waals surface area contributed by atoms with Crippen LogP contribution >= 0.6 is 0 Å². The third-order valence-electron chi connectivity index (χ3n) is 8.85. The summed E-state index contributed by atoms with van der Waals surface area (Å²) in [7, 11) is 1.54. The number of ether oxygens (including phenoxy) is 3. The second-order valence-electron chi connectivity index (χ2n) is 12.3. The SMILES string of the molecule is COc1c(OCC2CCNCC2)ccc2c(Oc3ccc(NC(=O)C(=O)N[C@@H](Cc4ccccc4)C(=O)N4CCCC4)cc3F)ccnc12. The molecule has 12 heteroatoms. The van der Waals surface area contributed by atoms with Gasteiger partial charge in [-0.05, 0) is 80.6 Å². The number of hydrogen-bond donors (Lipinski definition) is 3. The molecule has 1 atom stereocenters. The van der Waals surface area contributed by atoms with E-state index in [1.54, 1.807) is 36.4 Å². The summed E-state index contributed by atoms with van der Waals surface area (Å²) in [5.41, 5.74) is 1.40. The van der Waals surface area contributed by atoms with E-state index in [1.165, 1.54) is 12.1 Å². The Labute approximate surface area is 284 Å². The summed E-state index contributed by atoms with van der Waals surface area (Å²) in [4.78, 5) is 45.2. The highest BCUT2D eigenvalue weighted by Gasteiger charge is 2.30. The Bertz CT molecular complexity index is 1790. The number of nitrogens with zero attached hydrogens (tertiary/aromatic N) is 2. The van der Waals surface area contributed by atoms with Gasteiger partial charge in [0.2, 0.25) is 5.91 Å². The standard InChI is InChI=1S/C37H40FN5O6/c1-47-34-32(48-23-25-13-16-39-17-14-25)12-10-27-30(15-18-40-33(27)34)49-31-11-9-26(22-28(31)38)41-35(44)36(45)42-29(21-24-7-3-2-4-8-24)37(46)43-19-5-6-20-43/h2-4,7-12,15,18,22,25,29,39H,5-6,13-14,16-17,19-21,23H2,1H3,(H,41,44)(H,42,45)/t29-/m0/s1. The van der Waals surface area contributed by atoms with E-state index in [1.807, 2.05) is 30.3 Å². The van der Waals surface area contributed by atoms with Crippen molar-refractivity contribution in [1.29, 1.82) is 0 Å². The molecule has 0 radical (unpaired) electrons. The maximum absolute atomic E-state index is 15.3. The second-order valence-corrected chi connectivity index (χ2v) is 12.3. The number of amides is 3. The van der Waals surface area contributed by atoms with Crippen molar-refractivity contribution in [1.82, 2.24) is 20.5 Å². The molecule has 256 valence electrons. The first-order valence-corrected chi connectivity index (χ1v) is 16.6. The van der Waals surface area contributed by atoms with Gasteiger partial charge in [0.1, 0.15) is 17.3 Å². The molecule has 3 heterocycles. The molecule has 11 nitrogen and oxygen atoms in total. The van der Waals surface area contributed by atoms with E-state index in [0.717, 1.165) is 50.4 Å². The lowest BCUT2D eigenvalue weighted by Gasteiger charge is -2.24. The number of carbonyl (C=O) groups excluding carboxylic acids is 3. The maximum atomic E-state index is 15.3. The average Bonchev–Trinajstić information content (AvgIpc) is 3.67. The molecular weight excluding hydrogens is 629 g/mol. The average molecular weight is 670 g/mol. The fourth-order valence-corrected chi connectivity index (χ4v) is 6.20. The number of hydrogen-bond acceptors (Lipinski definition) is 8. The molecule has 2 saturated heterocycles. The van der Waals surface area contributed by atoms with Crippen molar-refractivity contribution < 1.29 is 33.0 Å². The summed E-state index contributed by atoms with van der Waals surface area (Å²) in [6.45, 7) is 3.73. The summed E-state index contributed by atoms with van der Waals surface area (Å²) in [5, 5.41) is 8.96. The number of halogens is 1. The number of nitrogens with one attached hydrogen (secondary N) is 3. The Kier molecular flexibility index (Phi) is 10.8. The van der Waals surface area contributed by atoms with E-state index >= 15 is 4.39 Å². The number of rotatable bonds is 11. The van der Waals surface area contributed by atoms with Gasteiger partial charge >= 0.3 is 11.8 Å². The first-order chi connectivity index (χ1) is 23.9. The molecule has 0 saturated carbocycles. The maximum Gasteiger partial charge on any atom is 0.313 e. The van der Waals surface area contributed by atoms with Gasteiger partial charge in [-0.3, -0.25) is 19.4 Å². The largest absolute Gasteiger partial charge is 0.491 e. The molecule has 2 fully saturated rings. The first-order valence-electron chi connectivity index (χ1n) is 16.6. The lowest BCUT2D eigenvalue weighted by atomic mass is 9.99. The highest BCUT2D eigenvalue weighted by Crippen LogP contribution is 2.40. The zero-order valence-electron chi connectivity index (χ0n) is 27.4. The third-order valence-corrected chi connectivity index (χ3v) is 8.85. The fraction of sp³-hybridized carbons (Fsp3) is 0.351. The van der Waals surface area contributed by atoms with Crippen LogP contribution in [0.3, 0.4) is 0 Å². The number of piperidine rings is 1. The van der Waals surface area contributed by atoms with Gasteiger partial charge < -0.3 is 35.1 Å². The monoisotopic (exact) mass is 669 g/mol. The topological polar surface area (TPSA) is 131 Å². The Morgan fingerprint density at radius 3 is 2.45 bits per heavy atom. The van der Waals surface area contributed by atoms with Crippen LogP contribution in [-0.4, -0.2) is 73.5 Å². The predicted octanol–water partition coefficient (Wildman–Crippen LogP) is 4.84. The van der Waals surface area contributed by atoms with E-state index in [9.17, 15) is 14.4 Å². The normalized spacial score (nSPS) is 15.4. The number of methoxy groups -OCH3 is 1. The summed E-state index contributed by atoms with van der Waals surface area (Å²) in [5.74, 6) is -1.29. The fourth-order valence-electron chi connectivity index (χ4n) is 6.20. The summed E-state index contributed by atoms with van der Waals surface area (Å²) in [6, 6.07) is 17.4. The molecule has 3 aromatic carbocycles. The quantitative estimate of drug-likeness (QED) is 0.194. The molecule has 0 bridgehead atoms. The molecule has 0 spiro atoms. The van der Waals surface area contributed by atoms with Crippen LogP contribution in [0.5, 0.6) is 23.0 Å². The highest BCUT2D eigenvalue weighted by molar-refractivity contribution is 6.40. The van der Waals surface area contributed by atoms with E-state index in [4.69, 9.17) is 14.2 Å². The van der Waals surface area contributed by atoms with Gasteiger partial charge in [-0.2, -0.15) is 0 Å². The van der Waals surface area contributed by atoms with Crippen LogP contribution in [0.25, 0.3) is 10.9 Å². The van der Waals surface area contributed by atoms with Gasteiger partial charge in [-0.25, -0.2) is 4.39 Å². The van der Waals surface area contributed by atoms with Gasteiger partial charge in [0.15, 0.2) is 23.1 Å². The Morgan fingerprint density at radius 1 is 0.959 bits per heavy atom. The van der Waals surface area contributed by atoms with E-state index < -0.39 is 23.7 Å². The molecule has 0 aliphatic carbocycles. The van der Waals surface area contributed by atoms with Gasteiger partial charge in [-0.1, -0.05) is 30.3 Å². The number of anilines is 1. The first kappa shape index (κ1) is 33.7. The molecule has 2 aliphatic rings. The Balaban J connectivity index is 1.11. The summed E-state index contributed by atoms with van der Waals surface area (Å²) in [6.07, 6.45) is 5.65. The molecular formula is C37H40FN5O6. The van der Waals surface area contributed by atoms with Crippen LogP contribution in [0.2, 0.25) is 0 Å². The smallest absolute Gasteiger partial charge is 0.313 e. The van der Waals surface area contributed by atoms with Crippen LogP contribution in [0.4, 0.5) is 10.1 Å². The summed E-state index contributed by atoms with van der Waals surface area (Å²) >= 11 is 0. The lowest BCUT2D eigenvalue weighted by Crippen LogP contribution is -2.51. The lowest BCUT2D eigenvalue weighted by molar-refractivity contribution is -0.140. The van der Waals surface area contributed by atoms with Crippen molar-refractivity contribution in [3.05, 3.63) is 84.3 Å². The van der Waals surface area contributed by atoms with Crippen molar-refractivity contribution in [2.75, 3.05) is 45.2 Å². The zero-order chi connectivity index (χ0) is 34.2. The minimum absolute atomic E-state index is 0.0484. The molecule has 0 unspecified atom stereocenters. The van der Waals surface area contributed by atoms with Crippen molar-refractivity contribution >= 4 is 34.3 Å². The molecule has 3 amide bonds. The van der Waals surface area contributed by atoms with E-state index in [0.29, 0.717) is 53.8 Å². The minimum Gasteiger partial charge on any atom is -0.491 e. The van der Waals surface area contributed by atoms with Gasteiger partial charge in [0, 0.05) is 42.8 Å². The molecule has 49 heavy (non-hydrogen) atoms. The molecule has 2 aliphatic heterocycles. The number of aromatic nitrogens is 1. The van der Waals surface area contributed by atoms with Crippen molar-refractivity contribution in [2.24, 2.45) is 5.92 Å². The number of fused-ring (bicyclic) bond motifs is 1. The summed E-state index contributed by atoms with van der Waals surface area (Å²) < 4.78 is 33.1. The minimum atomic E-state index is -1.02. The van der Waals surface area contributed by atoms with Crippen LogP contribution in [-0.2, 0) is 20.8 Å². The zero-order valence-corrected chi connectivity index (χ0v) is 27.4. The molecule has 4 aromatic rings.